The van der Waals surface area contributed by atoms with Gasteiger partial charge >= 0.3 is 0 Å². The Balaban J connectivity index is 1.70. The molecule has 3 aromatic rings. The van der Waals surface area contributed by atoms with Gasteiger partial charge in [-0.1, -0.05) is 23.5 Å². The average Bonchev–Trinajstić information content (AvgIpc) is 3.04. The first-order chi connectivity index (χ1) is 11.3. The summed E-state index contributed by atoms with van der Waals surface area (Å²) in [5.41, 5.74) is 4.37. The van der Waals surface area contributed by atoms with Crippen LogP contribution in [-0.2, 0) is 12.8 Å². The number of hydrogen-bond acceptors (Lipinski definition) is 5. The SMILES string of the molecule is COc1ccc2c(c1)-c1nc(N=Cc3ccccn3)sc1CC2. The first-order valence-electron chi connectivity index (χ1n) is 7.45. The molecule has 0 fully saturated rings. The molecule has 4 nitrogen and oxygen atoms in total. The Kier molecular flexibility index (Phi) is 3.63. The number of pyridine rings is 1. The Morgan fingerprint density at radius 3 is 3.00 bits per heavy atom. The van der Waals surface area contributed by atoms with Crippen LogP contribution in [-0.4, -0.2) is 23.3 Å². The topological polar surface area (TPSA) is 47.4 Å². The Bertz CT molecular complexity index is 871. The molecule has 0 radical (unpaired) electrons. The standard InChI is InChI=1S/C18H15N3OS/c1-22-14-7-5-12-6-8-16-17(15(12)10-14)21-18(23-16)20-11-13-4-2-3-9-19-13/h2-5,7,9-11H,6,8H2,1H3. The normalized spacial score (nSPS) is 12.9. The molecule has 5 heteroatoms. The second kappa shape index (κ2) is 5.93. The van der Waals surface area contributed by atoms with Crippen molar-refractivity contribution in [3.63, 3.8) is 0 Å². The van der Waals surface area contributed by atoms with Crippen molar-refractivity contribution in [2.75, 3.05) is 7.11 Å². The van der Waals surface area contributed by atoms with E-state index in [0.29, 0.717) is 0 Å². The predicted octanol–water partition coefficient (Wildman–Crippen LogP) is 4.06. The van der Waals surface area contributed by atoms with Crippen LogP contribution < -0.4 is 4.74 Å². The highest BCUT2D eigenvalue weighted by atomic mass is 32.1. The number of nitrogens with zero attached hydrogens (tertiary/aromatic N) is 3. The van der Waals surface area contributed by atoms with Crippen LogP contribution in [0.4, 0.5) is 5.13 Å². The van der Waals surface area contributed by atoms with Crippen molar-refractivity contribution in [1.82, 2.24) is 9.97 Å². The maximum absolute atomic E-state index is 5.35. The van der Waals surface area contributed by atoms with E-state index in [2.05, 4.69) is 22.1 Å². The second-order valence-corrected chi connectivity index (χ2v) is 6.37. The molecule has 1 aliphatic carbocycles. The van der Waals surface area contributed by atoms with Crippen LogP contribution in [0.1, 0.15) is 16.1 Å². The first-order valence-corrected chi connectivity index (χ1v) is 8.27. The van der Waals surface area contributed by atoms with Crippen molar-refractivity contribution in [2.45, 2.75) is 12.8 Å². The van der Waals surface area contributed by atoms with Gasteiger partial charge in [0.25, 0.3) is 0 Å². The monoisotopic (exact) mass is 321 g/mol. The predicted molar refractivity (Wildman–Crippen MR) is 93.0 cm³/mol. The van der Waals surface area contributed by atoms with Gasteiger partial charge in [-0.3, -0.25) is 4.98 Å². The van der Waals surface area contributed by atoms with Crippen LogP contribution >= 0.6 is 11.3 Å². The fraction of sp³-hybridized carbons (Fsp3) is 0.167. The smallest absolute Gasteiger partial charge is 0.209 e. The van der Waals surface area contributed by atoms with Crippen molar-refractivity contribution in [2.24, 2.45) is 4.99 Å². The van der Waals surface area contributed by atoms with Gasteiger partial charge in [0.1, 0.15) is 5.75 Å². The van der Waals surface area contributed by atoms with Crippen molar-refractivity contribution in [3.05, 3.63) is 58.7 Å². The second-order valence-electron chi connectivity index (χ2n) is 5.30. The van der Waals surface area contributed by atoms with Crippen molar-refractivity contribution in [1.29, 1.82) is 0 Å². The largest absolute Gasteiger partial charge is 0.497 e. The van der Waals surface area contributed by atoms with E-state index in [0.717, 1.165) is 35.1 Å². The third-order valence-corrected chi connectivity index (χ3v) is 4.90. The number of benzene rings is 1. The number of fused-ring (bicyclic) bond motifs is 3. The lowest BCUT2D eigenvalue weighted by Crippen LogP contribution is -2.02. The Hall–Kier alpha value is -2.53. The molecule has 4 rings (SSSR count). The minimum atomic E-state index is 0.774. The number of methoxy groups -OCH3 is 1. The molecular formula is C18H15N3OS. The number of aryl methyl sites for hydroxylation is 2. The summed E-state index contributed by atoms with van der Waals surface area (Å²) in [6, 6.07) is 12.0. The lowest BCUT2D eigenvalue weighted by Gasteiger charge is -2.15. The molecule has 0 atom stereocenters. The highest BCUT2D eigenvalue weighted by Gasteiger charge is 2.21. The molecule has 114 valence electrons. The van der Waals surface area contributed by atoms with Gasteiger partial charge in [-0.05, 0) is 42.7 Å². The molecule has 0 spiro atoms. The van der Waals surface area contributed by atoms with Gasteiger partial charge in [0.2, 0.25) is 5.13 Å². The first kappa shape index (κ1) is 14.1. The Morgan fingerprint density at radius 1 is 1.22 bits per heavy atom. The molecule has 1 aromatic carbocycles. The van der Waals surface area contributed by atoms with Crippen molar-refractivity contribution < 1.29 is 4.74 Å². The quantitative estimate of drug-likeness (QED) is 0.683. The van der Waals surface area contributed by atoms with Crippen LogP contribution in [0, 0.1) is 0 Å². The van der Waals surface area contributed by atoms with E-state index in [1.807, 2.05) is 24.3 Å². The molecule has 2 heterocycles. The third-order valence-electron chi connectivity index (χ3n) is 3.87. The van der Waals surface area contributed by atoms with Gasteiger partial charge in [-0.2, -0.15) is 0 Å². The summed E-state index contributed by atoms with van der Waals surface area (Å²) in [6.45, 7) is 0. The third kappa shape index (κ3) is 2.75. The molecule has 23 heavy (non-hydrogen) atoms. The summed E-state index contributed by atoms with van der Waals surface area (Å²) in [7, 11) is 1.69. The van der Waals surface area contributed by atoms with Crippen LogP contribution in [0.5, 0.6) is 5.75 Å². The van der Waals surface area contributed by atoms with Crippen LogP contribution in [0.3, 0.4) is 0 Å². The lowest BCUT2D eigenvalue weighted by atomic mass is 9.93. The van der Waals surface area contributed by atoms with Gasteiger partial charge in [0.15, 0.2) is 0 Å². The molecule has 0 aliphatic heterocycles. The van der Waals surface area contributed by atoms with Gasteiger partial charge in [-0.25, -0.2) is 9.98 Å². The van der Waals surface area contributed by atoms with E-state index in [1.165, 1.54) is 16.0 Å². The minimum Gasteiger partial charge on any atom is -0.497 e. The molecule has 0 N–H and O–H groups in total. The summed E-state index contributed by atoms with van der Waals surface area (Å²) < 4.78 is 5.35. The average molecular weight is 321 g/mol. The van der Waals surface area contributed by atoms with Crippen LogP contribution in [0.2, 0.25) is 0 Å². The molecule has 1 aliphatic rings. The van der Waals surface area contributed by atoms with Crippen molar-refractivity contribution >= 4 is 22.7 Å². The van der Waals surface area contributed by atoms with E-state index in [4.69, 9.17) is 9.72 Å². The summed E-state index contributed by atoms with van der Waals surface area (Å²) in [5.74, 6) is 0.864. The van der Waals surface area contributed by atoms with E-state index < -0.39 is 0 Å². The Morgan fingerprint density at radius 2 is 2.17 bits per heavy atom. The molecule has 0 unspecified atom stereocenters. The maximum atomic E-state index is 5.35. The highest BCUT2D eigenvalue weighted by molar-refractivity contribution is 7.15. The fourth-order valence-electron chi connectivity index (χ4n) is 2.72. The van der Waals surface area contributed by atoms with E-state index in [1.54, 1.807) is 30.9 Å². The lowest BCUT2D eigenvalue weighted by molar-refractivity contribution is 0.415. The number of aromatic nitrogens is 2. The summed E-state index contributed by atoms with van der Waals surface area (Å²) in [5, 5.41) is 0.774. The van der Waals surface area contributed by atoms with Gasteiger partial charge < -0.3 is 4.74 Å². The van der Waals surface area contributed by atoms with Gasteiger partial charge in [-0.15, -0.1) is 0 Å². The molecule has 2 aromatic heterocycles. The molecule has 0 amide bonds. The van der Waals surface area contributed by atoms with E-state index in [9.17, 15) is 0 Å². The van der Waals surface area contributed by atoms with Crippen LogP contribution in [0.15, 0.2) is 47.6 Å². The zero-order chi connectivity index (χ0) is 15.6. The Labute approximate surface area is 138 Å². The maximum Gasteiger partial charge on any atom is 0.209 e. The van der Waals surface area contributed by atoms with Gasteiger partial charge in [0.05, 0.1) is 24.7 Å². The molecule has 0 saturated heterocycles. The minimum absolute atomic E-state index is 0.774. The fourth-order valence-corrected chi connectivity index (χ4v) is 3.64. The summed E-state index contributed by atoms with van der Waals surface area (Å²) in [4.78, 5) is 14.7. The summed E-state index contributed by atoms with van der Waals surface area (Å²) in [6.07, 6.45) is 5.58. The molecule has 0 saturated carbocycles. The zero-order valence-electron chi connectivity index (χ0n) is 12.7. The number of thiazole rings is 1. The number of hydrogen-bond donors (Lipinski definition) is 0. The number of aliphatic imine (C=N–C) groups is 1. The van der Waals surface area contributed by atoms with E-state index >= 15 is 0 Å². The number of rotatable bonds is 3. The van der Waals surface area contributed by atoms with Gasteiger partial charge in [0, 0.05) is 16.6 Å². The highest BCUT2D eigenvalue weighted by Crippen LogP contribution is 2.40. The molecular weight excluding hydrogens is 306 g/mol. The van der Waals surface area contributed by atoms with Crippen molar-refractivity contribution in [3.8, 4) is 17.0 Å². The van der Waals surface area contributed by atoms with Crippen LogP contribution in [0.25, 0.3) is 11.3 Å². The van der Waals surface area contributed by atoms with E-state index in [-0.39, 0.29) is 0 Å². The number of ether oxygens (including phenoxy) is 1. The summed E-state index contributed by atoms with van der Waals surface area (Å²) >= 11 is 1.65. The zero-order valence-corrected chi connectivity index (χ0v) is 13.5. The molecule has 0 bridgehead atoms.